The van der Waals surface area contributed by atoms with Gasteiger partial charge in [-0.15, -0.1) is 0 Å². The monoisotopic (exact) mass is 789 g/mol. The first kappa shape index (κ1) is 40.0. The fourth-order valence-corrected chi connectivity index (χ4v) is 3.97. The summed E-state index contributed by atoms with van der Waals surface area (Å²) in [5.74, 6) is 5.42. The number of nitrogens with zero attached hydrogens (tertiary/aromatic N) is 2. The summed E-state index contributed by atoms with van der Waals surface area (Å²) in [5.41, 5.74) is 10.1. The van der Waals surface area contributed by atoms with Crippen LogP contribution in [-0.4, -0.2) is 11.4 Å². The number of anilines is 1. The molecular weight excluding hydrogens is 744 g/mol. The molecule has 0 saturated heterocycles. The molecule has 6 rings (SSSR count). The van der Waals surface area contributed by atoms with Crippen LogP contribution in [0.15, 0.2) is 192 Å². The molecule has 240 valence electrons. The molecule has 0 heterocycles. The van der Waals surface area contributed by atoms with Crippen LogP contribution in [0, 0.1) is 6.07 Å². The van der Waals surface area contributed by atoms with E-state index in [4.69, 9.17) is 5.84 Å². The van der Waals surface area contributed by atoms with Crippen LogP contribution in [0.4, 0.5) is 5.69 Å². The van der Waals surface area contributed by atoms with E-state index in [2.05, 4.69) is 46.0 Å². The SMILES string of the molecule is CC.CC.NN=C(c1ccccc1)c1ccccc1.[W].[c-]1ccccc1.c1ccc(NN=C(c2ccccc2)c2ccccc2)cc1. The second kappa shape index (κ2) is 26.2. The van der Waals surface area contributed by atoms with Crippen molar-refractivity contribution in [2.24, 2.45) is 16.0 Å². The molecule has 0 aliphatic heterocycles. The Kier molecular flexibility index (Phi) is 22.3. The van der Waals surface area contributed by atoms with Crippen LogP contribution in [-0.2, 0) is 21.1 Å². The van der Waals surface area contributed by atoms with E-state index in [9.17, 15) is 0 Å². The van der Waals surface area contributed by atoms with Crippen LogP contribution >= 0.6 is 0 Å². The van der Waals surface area contributed by atoms with Gasteiger partial charge in [0.05, 0.1) is 17.1 Å². The standard InChI is InChI=1S/C19H16N2.C13H12N2.C6H5.2C2H6.W/c1-4-10-16(11-5-1)19(17-12-6-2-7-13-17)21-20-18-14-8-3-9-15-18;14-15-13(11-7-3-1-4-8-11)12-9-5-2-6-10-12;1-2-4-6-5-3-1;2*1-2;/h1-15,20H;1-10H,14H2;1-5H;2*1-2H3;/q;;-1;;;. The quantitative estimate of drug-likeness (QED) is 0.0764. The van der Waals surface area contributed by atoms with Crippen LogP contribution in [0.5, 0.6) is 0 Å². The number of benzene rings is 6. The van der Waals surface area contributed by atoms with E-state index in [0.29, 0.717) is 0 Å². The Morgan fingerprint density at radius 3 is 1.02 bits per heavy atom. The van der Waals surface area contributed by atoms with Crippen LogP contribution in [0.2, 0.25) is 0 Å². The van der Waals surface area contributed by atoms with Gasteiger partial charge in [0.15, 0.2) is 0 Å². The summed E-state index contributed by atoms with van der Waals surface area (Å²) in [5, 5.41) is 8.45. The van der Waals surface area contributed by atoms with Gasteiger partial charge in [-0.25, -0.2) is 0 Å². The molecule has 0 saturated carbocycles. The Morgan fingerprint density at radius 1 is 0.447 bits per heavy atom. The van der Waals surface area contributed by atoms with Crippen molar-refractivity contribution in [1.29, 1.82) is 0 Å². The van der Waals surface area contributed by atoms with Gasteiger partial charge in [-0.3, -0.25) is 5.43 Å². The number of rotatable bonds is 6. The van der Waals surface area contributed by atoms with Gasteiger partial charge < -0.3 is 5.84 Å². The fourth-order valence-electron chi connectivity index (χ4n) is 3.97. The summed E-state index contributed by atoms with van der Waals surface area (Å²) < 4.78 is 0. The summed E-state index contributed by atoms with van der Waals surface area (Å²) in [6.45, 7) is 8.00. The molecule has 6 aromatic rings. The van der Waals surface area contributed by atoms with Gasteiger partial charge in [-0.2, -0.15) is 46.6 Å². The van der Waals surface area contributed by atoms with E-state index in [1.165, 1.54) is 0 Å². The van der Waals surface area contributed by atoms with E-state index >= 15 is 0 Å². The molecular formula is C42H45N4W-. The summed E-state index contributed by atoms with van der Waals surface area (Å²) in [6.07, 6.45) is 0. The van der Waals surface area contributed by atoms with Crippen molar-refractivity contribution in [3.63, 3.8) is 0 Å². The maximum atomic E-state index is 5.42. The minimum Gasteiger partial charge on any atom is -0.323 e. The average molecular weight is 790 g/mol. The third-order valence-electron chi connectivity index (χ3n) is 6.00. The molecule has 0 spiro atoms. The number of hydrogen-bond donors (Lipinski definition) is 2. The zero-order chi connectivity index (χ0) is 33.1. The molecule has 6 aromatic carbocycles. The largest absolute Gasteiger partial charge is 0.323 e. The first-order valence-electron chi connectivity index (χ1n) is 15.6. The average Bonchev–Trinajstić information content (AvgIpc) is 3.17. The van der Waals surface area contributed by atoms with Crippen molar-refractivity contribution in [1.82, 2.24) is 0 Å². The number of hydrogen-bond acceptors (Lipinski definition) is 4. The Labute approximate surface area is 296 Å². The van der Waals surface area contributed by atoms with Crippen molar-refractivity contribution in [3.05, 3.63) is 210 Å². The zero-order valence-corrected chi connectivity index (χ0v) is 30.6. The van der Waals surface area contributed by atoms with Gasteiger partial charge in [0.25, 0.3) is 0 Å². The van der Waals surface area contributed by atoms with E-state index in [1.807, 2.05) is 185 Å². The van der Waals surface area contributed by atoms with Crippen LogP contribution in [0.1, 0.15) is 49.9 Å². The fraction of sp³-hybridized carbons (Fsp3) is 0.0952. The first-order valence-corrected chi connectivity index (χ1v) is 15.6. The second-order valence-electron chi connectivity index (χ2n) is 8.96. The van der Waals surface area contributed by atoms with Crippen LogP contribution in [0.3, 0.4) is 0 Å². The number of nitrogens with one attached hydrogen (secondary N) is 1. The molecule has 0 bridgehead atoms. The zero-order valence-electron chi connectivity index (χ0n) is 27.7. The number of nitrogens with two attached hydrogens (primary N) is 1. The normalized spacial score (nSPS) is 8.77. The molecule has 4 nitrogen and oxygen atoms in total. The molecule has 0 atom stereocenters. The molecule has 0 fully saturated rings. The molecule has 47 heavy (non-hydrogen) atoms. The van der Waals surface area contributed by atoms with E-state index in [-0.39, 0.29) is 21.1 Å². The maximum absolute atomic E-state index is 5.42. The van der Waals surface area contributed by atoms with E-state index < -0.39 is 0 Å². The van der Waals surface area contributed by atoms with E-state index in [1.54, 1.807) is 0 Å². The minimum atomic E-state index is 0. The summed E-state index contributed by atoms with van der Waals surface area (Å²) in [6, 6.07) is 62.7. The minimum absolute atomic E-state index is 0. The summed E-state index contributed by atoms with van der Waals surface area (Å²) in [7, 11) is 0. The molecule has 5 heteroatoms. The Hall–Kier alpha value is -5.05. The van der Waals surface area contributed by atoms with Gasteiger partial charge in [0, 0.05) is 43.3 Å². The van der Waals surface area contributed by atoms with Crippen molar-refractivity contribution in [3.8, 4) is 0 Å². The maximum Gasteiger partial charge on any atom is 0.0977 e. The molecule has 0 aliphatic carbocycles. The third-order valence-corrected chi connectivity index (χ3v) is 6.00. The Morgan fingerprint density at radius 2 is 0.745 bits per heavy atom. The van der Waals surface area contributed by atoms with Crippen LogP contribution < -0.4 is 11.3 Å². The van der Waals surface area contributed by atoms with Gasteiger partial charge in [0.1, 0.15) is 0 Å². The third kappa shape index (κ3) is 15.2. The summed E-state index contributed by atoms with van der Waals surface area (Å²) >= 11 is 0. The molecule has 0 amide bonds. The second-order valence-corrected chi connectivity index (χ2v) is 8.96. The Bertz CT molecular complexity index is 1500. The Balaban J connectivity index is 0.000000370. The smallest absolute Gasteiger partial charge is 0.0977 e. The van der Waals surface area contributed by atoms with Gasteiger partial charge in [-0.05, 0) is 12.1 Å². The van der Waals surface area contributed by atoms with Crippen LogP contribution in [0.25, 0.3) is 0 Å². The molecule has 3 N–H and O–H groups in total. The van der Waals surface area contributed by atoms with Crippen molar-refractivity contribution < 1.29 is 21.1 Å². The molecule has 0 aliphatic rings. The van der Waals surface area contributed by atoms with Gasteiger partial charge in [0.2, 0.25) is 0 Å². The molecule has 0 unspecified atom stereocenters. The predicted octanol–water partition coefficient (Wildman–Crippen LogP) is 10.5. The van der Waals surface area contributed by atoms with Gasteiger partial charge in [-0.1, -0.05) is 167 Å². The predicted molar refractivity (Wildman–Crippen MR) is 199 cm³/mol. The number of hydrazone groups is 2. The number of para-hydroxylation sites is 1. The topological polar surface area (TPSA) is 62.8 Å². The van der Waals surface area contributed by atoms with Crippen molar-refractivity contribution in [2.45, 2.75) is 27.7 Å². The summed E-state index contributed by atoms with van der Waals surface area (Å²) in [4.78, 5) is 0. The van der Waals surface area contributed by atoms with Crippen molar-refractivity contribution in [2.75, 3.05) is 5.43 Å². The molecule has 0 aromatic heterocycles. The van der Waals surface area contributed by atoms with Gasteiger partial charge >= 0.3 is 0 Å². The van der Waals surface area contributed by atoms with Crippen molar-refractivity contribution >= 4 is 17.1 Å². The molecule has 0 radical (unpaired) electrons. The van der Waals surface area contributed by atoms with E-state index in [0.717, 1.165) is 39.4 Å². The first-order chi connectivity index (χ1) is 22.8.